The second-order valence-corrected chi connectivity index (χ2v) is 6.67. The van der Waals surface area contributed by atoms with Crippen molar-refractivity contribution in [1.82, 2.24) is 20.4 Å². The van der Waals surface area contributed by atoms with Crippen LogP contribution in [-0.2, 0) is 4.79 Å². The zero-order valence-corrected chi connectivity index (χ0v) is 18.7. The molecule has 27 heavy (non-hydrogen) atoms. The van der Waals surface area contributed by atoms with Crippen molar-refractivity contribution in [2.24, 2.45) is 4.99 Å². The molecular weight excluding hydrogens is 453 g/mol. The smallest absolute Gasteiger partial charge is 0.243 e. The number of benzene rings is 1. The van der Waals surface area contributed by atoms with E-state index in [1.54, 1.807) is 25.1 Å². The second-order valence-electron chi connectivity index (χ2n) is 6.67. The highest BCUT2D eigenvalue weighted by molar-refractivity contribution is 14.0. The lowest BCUT2D eigenvalue weighted by molar-refractivity contribution is -0.127. The van der Waals surface area contributed by atoms with Crippen LogP contribution in [0.4, 0.5) is 0 Å². The lowest BCUT2D eigenvalue weighted by Crippen LogP contribution is -2.43. The summed E-state index contributed by atoms with van der Waals surface area (Å²) in [7, 11) is 3.47. The fourth-order valence-electron chi connectivity index (χ4n) is 3.01. The molecule has 0 aliphatic carbocycles. The van der Waals surface area contributed by atoms with Crippen molar-refractivity contribution in [3.8, 4) is 0 Å². The fraction of sp³-hybridized carbons (Fsp3) is 0.500. The Morgan fingerprint density at radius 3 is 2.52 bits per heavy atom. The van der Waals surface area contributed by atoms with E-state index < -0.39 is 0 Å². The molecule has 1 aliphatic heterocycles. The lowest BCUT2D eigenvalue weighted by Gasteiger charge is -2.29. The third-order valence-electron chi connectivity index (χ3n) is 4.51. The van der Waals surface area contributed by atoms with Crippen LogP contribution < -0.4 is 10.6 Å². The van der Waals surface area contributed by atoms with Gasteiger partial charge in [-0.3, -0.25) is 9.69 Å². The second kappa shape index (κ2) is 12.7. The Labute approximate surface area is 180 Å². The molecule has 1 saturated heterocycles. The molecule has 0 saturated carbocycles. The maximum Gasteiger partial charge on any atom is 0.243 e. The van der Waals surface area contributed by atoms with Gasteiger partial charge in [0.05, 0.1) is 6.04 Å². The summed E-state index contributed by atoms with van der Waals surface area (Å²) in [5.74, 6) is 0.615. The van der Waals surface area contributed by atoms with Crippen LogP contribution in [0.1, 0.15) is 24.4 Å². The summed E-state index contributed by atoms with van der Waals surface area (Å²) in [6.45, 7) is 7.43. The number of amides is 1. The minimum atomic E-state index is -0.0242. The highest BCUT2D eigenvalue weighted by Gasteiger charge is 2.23. The highest BCUT2D eigenvalue weighted by atomic mass is 127. The van der Waals surface area contributed by atoms with Gasteiger partial charge < -0.3 is 15.5 Å². The first-order valence-corrected chi connectivity index (χ1v) is 9.24. The number of carbonyl (C=O) groups is 1. The number of rotatable bonds is 8. The minimum Gasteiger partial charge on any atom is -0.354 e. The Balaban J connectivity index is 0.00000364. The number of aliphatic imine (C=N–C) groups is 1. The number of hydrogen-bond acceptors (Lipinski definition) is 3. The van der Waals surface area contributed by atoms with Crippen molar-refractivity contribution in [3.05, 3.63) is 48.6 Å². The Morgan fingerprint density at radius 1 is 1.26 bits per heavy atom. The molecule has 1 heterocycles. The number of nitrogens with zero attached hydrogens (tertiary/aromatic N) is 3. The number of carbonyl (C=O) groups excluding carboxylic acids is 1. The van der Waals surface area contributed by atoms with Crippen molar-refractivity contribution >= 4 is 35.8 Å². The van der Waals surface area contributed by atoms with Crippen LogP contribution in [0.15, 0.2) is 48.0 Å². The predicted octanol–water partition coefficient (Wildman–Crippen LogP) is 2.25. The van der Waals surface area contributed by atoms with Gasteiger partial charge in [-0.15, -0.1) is 30.6 Å². The first-order valence-electron chi connectivity index (χ1n) is 9.24. The van der Waals surface area contributed by atoms with Gasteiger partial charge in [0, 0.05) is 27.2 Å². The van der Waals surface area contributed by atoms with E-state index in [1.807, 2.05) is 6.07 Å². The van der Waals surface area contributed by atoms with E-state index in [2.05, 4.69) is 51.4 Å². The van der Waals surface area contributed by atoms with Gasteiger partial charge in [0.25, 0.3) is 0 Å². The van der Waals surface area contributed by atoms with Crippen LogP contribution in [-0.4, -0.2) is 68.5 Å². The van der Waals surface area contributed by atoms with Crippen molar-refractivity contribution in [2.45, 2.75) is 18.9 Å². The van der Waals surface area contributed by atoms with Crippen LogP contribution in [0.5, 0.6) is 0 Å². The molecule has 1 aromatic rings. The van der Waals surface area contributed by atoms with Crippen LogP contribution in [0.25, 0.3) is 0 Å². The molecule has 0 spiro atoms. The molecule has 1 unspecified atom stereocenters. The molecule has 0 bridgehead atoms. The third kappa shape index (κ3) is 7.88. The standard InChI is InChI=1S/C20H31N5O.HI/c1-4-12-21-20(23-16-19(26)24(2)3)22-15-18(25-13-8-9-14-25)17-10-6-5-7-11-17;/h4-7,10-11,18H,1,8-9,12-16H2,2-3H3,(H2,21,22,23);1H. The number of hydrogen-bond donors (Lipinski definition) is 2. The van der Waals surface area contributed by atoms with E-state index in [0.29, 0.717) is 18.5 Å². The minimum absolute atomic E-state index is 0. The van der Waals surface area contributed by atoms with Gasteiger partial charge in [0.15, 0.2) is 5.96 Å². The first-order chi connectivity index (χ1) is 12.6. The Hall–Kier alpha value is -1.61. The predicted molar refractivity (Wildman–Crippen MR) is 123 cm³/mol. The number of halogens is 1. The van der Waals surface area contributed by atoms with Gasteiger partial charge in [-0.2, -0.15) is 0 Å². The average molecular weight is 485 g/mol. The highest BCUT2D eigenvalue weighted by Crippen LogP contribution is 2.24. The molecule has 7 heteroatoms. The Bertz CT molecular complexity index is 600. The van der Waals surface area contributed by atoms with Crippen molar-refractivity contribution in [1.29, 1.82) is 0 Å². The zero-order chi connectivity index (χ0) is 18.8. The normalized spacial score (nSPS) is 15.6. The fourth-order valence-corrected chi connectivity index (χ4v) is 3.01. The summed E-state index contributed by atoms with van der Waals surface area (Å²) in [6.07, 6.45) is 4.27. The molecule has 1 amide bonds. The first kappa shape index (κ1) is 23.4. The van der Waals surface area contributed by atoms with Crippen LogP contribution in [0.2, 0.25) is 0 Å². The molecule has 150 valence electrons. The molecule has 6 nitrogen and oxygen atoms in total. The largest absolute Gasteiger partial charge is 0.354 e. The Kier molecular flexibility index (Phi) is 11.0. The quantitative estimate of drug-likeness (QED) is 0.257. The van der Waals surface area contributed by atoms with Crippen LogP contribution >= 0.6 is 24.0 Å². The Morgan fingerprint density at radius 2 is 1.93 bits per heavy atom. The van der Waals surface area contributed by atoms with Gasteiger partial charge in [0.2, 0.25) is 5.91 Å². The summed E-state index contributed by atoms with van der Waals surface area (Å²) < 4.78 is 0. The molecule has 0 radical (unpaired) electrons. The molecule has 1 aromatic carbocycles. The van der Waals surface area contributed by atoms with E-state index in [1.165, 1.54) is 18.4 Å². The number of nitrogens with one attached hydrogen (secondary N) is 2. The summed E-state index contributed by atoms with van der Waals surface area (Å²) in [4.78, 5) is 20.3. The maximum atomic E-state index is 11.8. The van der Waals surface area contributed by atoms with Crippen molar-refractivity contribution < 1.29 is 4.79 Å². The van der Waals surface area contributed by atoms with Gasteiger partial charge in [0.1, 0.15) is 6.54 Å². The lowest BCUT2D eigenvalue weighted by atomic mass is 10.1. The van der Waals surface area contributed by atoms with Gasteiger partial charge in [-0.05, 0) is 31.5 Å². The molecule has 2 rings (SSSR count). The summed E-state index contributed by atoms with van der Waals surface area (Å²) >= 11 is 0. The average Bonchev–Trinajstić information content (AvgIpc) is 3.18. The van der Waals surface area contributed by atoms with E-state index in [-0.39, 0.29) is 36.4 Å². The third-order valence-corrected chi connectivity index (χ3v) is 4.51. The molecule has 1 aliphatic rings. The summed E-state index contributed by atoms with van der Waals surface area (Å²) in [6, 6.07) is 10.9. The number of likely N-dealkylation sites (tertiary alicyclic amines) is 1. The van der Waals surface area contributed by atoms with E-state index in [9.17, 15) is 4.79 Å². The van der Waals surface area contributed by atoms with Gasteiger partial charge in [-0.25, -0.2) is 4.99 Å². The molecular formula is C20H32IN5O. The van der Waals surface area contributed by atoms with E-state index >= 15 is 0 Å². The number of guanidine groups is 1. The van der Waals surface area contributed by atoms with Gasteiger partial charge in [-0.1, -0.05) is 36.4 Å². The van der Waals surface area contributed by atoms with Crippen molar-refractivity contribution in [2.75, 3.05) is 46.8 Å². The molecule has 2 N–H and O–H groups in total. The topological polar surface area (TPSA) is 60.0 Å². The van der Waals surface area contributed by atoms with Gasteiger partial charge >= 0.3 is 0 Å². The van der Waals surface area contributed by atoms with E-state index in [4.69, 9.17) is 0 Å². The maximum absolute atomic E-state index is 11.8. The zero-order valence-electron chi connectivity index (χ0n) is 16.4. The number of likely N-dealkylation sites (N-methyl/N-ethyl adjacent to an activating group) is 1. The molecule has 1 fully saturated rings. The SMILES string of the molecule is C=CCNC(=NCC(=O)N(C)C)NCC(c1ccccc1)N1CCCC1.I. The monoisotopic (exact) mass is 485 g/mol. The summed E-state index contributed by atoms with van der Waals surface area (Å²) in [5, 5.41) is 6.60. The van der Waals surface area contributed by atoms with Crippen LogP contribution in [0.3, 0.4) is 0 Å². The van der Waals surface area contributed by atoms with Crippen molar-refractivity contribution in [3.63, 3.8) is 0 Å². The molecule has 1 atom stereocenters. The van der Waals surface area contributed by atoms with E-state index in [0.717, 1.165) is 19.6 Å². The summed E-state index contributed by atoms with van der Waals surface area (Å²) in [5.41, 5.74) is 1.30. The van der Waals surface area contributed by atoms with Crippen LogP contribution in [0, 0.1) is 0 Å². The molecule has 0 aromatic heterocycles.